The zero-order valence-electron chi connectivity index (χ0n) is 20.1. The van der Waals surface area contributed by atoms with E-state index in [2.05, 4.69) is 104 Å². The molecule has 0 unspecified atom stereocenters. The summed E-state index contributed by atoms with van der Waals surface area (Å²) in [5.41, 5.74) is 5.72. The lowest BCUT2D eigenvalue weighted by Crippen LogP contribution is -2.43. The minimum absolute atomic E-state index is 0.0202. The SMILES string of the molecule is Cc1cccc(CCNC(=O)[C@H]2CCCN(Cc3nc4ccccc4n3-c3ccc(Br)cc3)C2)c1. The second-order valence-electron chi connectivity index (χ2n) is 9.43. The third-order valence-electron chi connectivity index (χ3n) is 6.75. The predicted octanol–water partition coefficient (Wildman–Crippen LogP) is 5.67. The molecule has 1 aliphatic rings. The van der Waals surface area contributed by atoms with Crippen molar-refractivity contribution in [1.82, 2.24) is 19.8 Å². The zero-order valence-corrected chi connectivity index (χ0v) is 21.7. The van der Waals surface area contributed by atoms with Crippen LogP contribution in [0.3, 0.4) is 0 Å². The van der Waals surface area contributed by atoms with E-state index in [1.165, 1.54) is 11.1 Å². The minimum atomic E-state index is 0.0202. The first-order chi connectivity index (χ1) is 17.1. The normalized spacial score (nSPS) is 16.5. The molecule has 6 heteroatoms. The molecule has 4 aromatic rings. The number of hydrogen-bond donors (Lipinski definition) is 1. The number of aryl methyl sites for hydroxylation is 1. The van der Waals surface area contributed by atoms with Gasteiger partial charge in [0.2, 0.25) is 5.91 Å². The van der Waals surface area contributed by atoms with Crippen LogP contribution in [0.15, 0.2) is 77.3 Å². The maximum Gasteiger partial charge on any atom is 0.224 e. The molecule has 0 aliphatic carbocycles. The van der Waals surface area contributed by atoms with E-state index in [0.717, 1.165) is 65.9 Å². The second kappa shape index (κ2) is 10.8. The van der Waals surface area contributed by atoms with Crippen LogP contribution in [0, 0.1) is 12.8 Å². The zero-order chi connectivity index (χ0) is 24.2. The Labute approximate surface area is 215 Å². The Morgan fingerprint density at radius 2 is 1.91 bits per heavy atom. The van der Waals surface area contributed by atoms with Gasteiger partial charge in [-0.1, -0.05) is 57.9 Å². The van der Waals surface area contributed by atoms with E-state index in [0.29, 0.717) is 6.54 Å². The van der Waals surface area contributed by atoms with Crippen molar-refractivity contribution in [3.8, 4) is 5.69 Å². The van der Waals surface area contributed by atoms with Crippen molar-refractivity contribution in [3.05, 3.63) is 94.2 Å². The largest absolute Gasteiger partial charge is 0.355 e. The molecule has 5 rings (SSSR count). The van der Waals surface area contributed by atoms with Gasteiger partial charge in [-0.15, -0.1) is 0 Å². The Bertz CT molecular complexity index is 1310. The van der Waals surface area contributed by atoms with E-state index in [1.54, 1.807) is 0 Å². The highest BCUT2D eigenvalue weighted by atomic mass is 79.9. The highest BCUT2D eigenvalue weighted by molar-refractivity contribution is 9.10. The molecule has 2 heterocycles. The summed E-state index contributed by atoms with van der Waals surface area (Å²) in [6.45, 7) is 5.25. The van der Waals surface area contributed by atoms with Crippen molar-refractivity contribution in [1.29, 1.82) is 0 Å². The van der Waals surface area contributed by atoms with Gasteiger partial charge in [0, 0.05) is 23.2 Å². The van der Waals surface area contributed by atoms with Crippen LogP contribution in [0.5, 0.6) is 0 Å². The molecule has 1 atom stereocenters. The van der Waals surface area contributed by atoms with E-state index < -0.39 is 0 Å². The Hall–Kier alpha value is -2.96. The fourth-order valence-electron chi connectivity index (χ4n) is 5.02. The standard InChI is InChI=1S/C29H31BrN4O/c1-21-6-4-7-22(18-21)15-16-31-29(35)23-8-5-17-33(19-23)20-28-32-26-9-2-3-10-27(26)34(28)25-13-11-24(30)12-14-25/h2-4,6-7,9-14,18,23H,5,8,15-17,19-20H2,1H3,(H,31,35)/t23-/m0/s1. The van der Waals surface area contributed by atoms with Crippen LogP contribution >= 0.6 is 15.9 Å². The number of carbonyl (C=O) groups excluding carboxylic acids is 1. The maximum absolute atomic E-state index is 13.0. The number of likely N-dealkylation sites (tertiary alicyclic amines) is 1. The lowest BCUT2D eigenvalue weighted by molar-refractivity contribution is -0.126. The van der Waals surface area contributed by atoms with Crippen LogP contribution < -0.4 is 5.32 Å². The molecule has 1 aromatic heterocycles. The first-order valence-corrected chi connectivity index (χ1v) is 13.1. The van der Waals surface area contributed by atoms with Gasteiger partial charge in [-0.25, -0.2) is 4.98 Å². The first kappa shape index (κ1) is 23.8. The quantitative estimate of drug-likeness (QED) is 0.335. The number of imidazole rings is 1. The van der Waals surface area contributed by atoms with E-state index >= 15 is 0 Å². The number of benzene rings is 3. The average Bonchev–Trinajstić information content (AvgIpc) is 3.22. The number of carbonyl (C=O) groups is 1. The molecule has 0 bridgehead atoms. The number of piperidine rings is 1. The molecule has 1 N–H and O–H groups in total. The minimum Gasteiger partial charge on any atom is -0.355 e. The summed E-state index contributed by atoms with van der Waals surface area (Å²) in [6.07, 6.45) is 2.82. The topological polar surface area (TPSA) is 50.2 Å². The smallest absolute Gasteiger partial charge is 0.224 e. The number of fused-ring (bicyclic) bond motifs is 1. The van der Waals surface area contributed by atoms with Gasteiger partial charge in [-0.05, 0) is 74.7 Å². The van der Waals surface area contributed by atoms with Crippen LogP contribution in [-0.2, 0) is 17.8 Å². The summed E-state index contributed by atoms with van der Waals surface area (Å²) in [7, 11) is 0. The highest BCUT2D eigenvalue weighted by Crippen LogP contribution is 2.25. The summed E-state index contributed by atoms with van der Waals surface area (Å²) < 4.78 is 3.30. The molecule has 35 heavy (non-hydrogen) atoms. The van der Waals surface area contributed by atoms with Gasteiger partial charge in [0.15, 0.2) is 0 Å². The van der Waals surface area contributed by atoms with Gasteiger partial charge in [0.25, 0.3) is 0 Å². The van der Waals surface area contributed by atoms with Crippen molar-refractivity contribution < 1.29 is 4.79 Å². The highest BCUT2D eigenvalue weighted by Gasteiger charge is 2.27. The van der Waals surface area contributed by atoms with Crippen LogP contribution in [0.25, 0.3) is 16.7 Å². The average molecular weight is 531 g/mol. The molecule has 1 amide bonds. The molecule has 0 radical (unpaired) electrons. The van der Waals surface area contributed by atoms with Crippen molar-refractivity contribution in [2.45, 2.75) is 32.7 Å². The molecule has 180 valence electrons. The number of para-hydroxylation sites is 2. The molecule has 0 spiro atoms. The van der Waals surface area contributed by atoms with E-state index in [4.69, 9.17) is 4.98 Å². The number of nitrogens with one attached hydrogen (secondary N) is 1. The van der Waals surface area contributed by atoms with Crippen molar-refractivity contribution >= 4 is 32.9 Å². The lowest BCUT2D eigenvalue weighted by atomic mass is 9.97. The predicted molar refractivity (Wildman–Crippen MR) is 145 cm³/mol. The van der Waals surface area contributed by atoms with Gasteiger partial charge in [0.05, 0.1) is 23.5 Å². The number of rotatable bonds is 7. The van der Waals surface area contributed by atoms with Gasteiger partial charge in [-0.3, -0.25) is 14.3 Å². The maximum atomic E-state index is 13.0. The number of aromatic nitrogens is 2. The fraction of sp³-hybridized carbons (Fsp3) is 0.310. The molecule has 1 saturated heterocycles. The Morgan fingerprint density at radius 3 is 2.74 bits per heavy atom. The fourth-order valence-corrected chi connectivity index (χ4v) is 5.28. The molecule has 0 saturated carbocycles. The number of halogens is 1. The van der Waals surface area contributed by atoms with E-state index in [9.17, 15) is 4.79 Å². The third-order valence-corrected chi connectivity index (χ3v) is 7.28. The second-order valence-corrected chi connectivity index (χ2v) is 10.3. The van der Waals surface area contributed by atoms with Gasteiger partial charge >= 0.3 is 0 Å². The lowest BCUT2D eigenvalue weighted by Gasteiger charge is -2.31. The summed E-state index contributed by atoms with van der Waals surface area (Å²) in [5.74, 6) is 1.20. The Kier molecular flexibility index (Phi) is 7.30. The summed E-state index contributed by atoms with van der Waals surface area (Å²) >= 11 is 3.54. The van der Waals surface area contributed by atoms with Crippen molar-refractivity contribution in [2.24, 2.45) is 5.92 Å². The first-order valence-electron chi connectivity index (χ1n) is 12.3. The molecule has 1 aliphatic heterocycles. The van der Waals surface area contributed by atoms with Crippen LogP contribution in [0.1, 0.15) is 29.8 Å². The monoisotopic (exact) mass is 530 g/mol. The molecule has 5 nitrogen and oxygen atoms in total. The van der Waals surface area contributed by atoms with Crippen LogP contribution in [0.2, 0.25) is 0 Å². The van der Waals surface area contributed by atoms with E-state index in [1.807, 2.05) is 6.07 Å². The summed E-state index contributed by atoms with van der Waals surface area (Å²) in [4.78, 5) is 20.3. The molecule has 3 aromatic carbocycles. The third kappa shape index (κ3) is 5.65. The van der Waals surface area contributed by atoms with Crippen molar-refractivity contribution in [2.75, 3.05) is 19.6 Å². The van der Waals surface area contributed by atoms with Gasteiger partial charge in [-0.2, -0.15) is 0 Å². The van der Waals surface area contributed by atoms with Gasteiger partial charge < -0.3 is 5.32 Å². The molecular weight excluding hydrogens is 500 g/mol. The molecular formula is C29H31BrN4O. The van der Waals surface area contributed by atoms with Gasteiger partial charge in [0.1, 0.15) is 5.82 Å². The van der Waals surface area contributed by atoms with Crippen LogP contribution in [-0.4, -0.2) is 40.0 Å². The number of amides is 1. The van der Waals surface area contributed by atoms with Crippen molar-refractivity contribution in [3.63, 3.8) is 0 Å². The number of hydrogen-bond acceptors (Lipinski definition) is 3. The summed E-state index contributed by atoms with van der Waals surface area (Å²) in [5, 5.41) is 3.18. The van der Waals surface area contributed by atoms with E-state index in [-0.39, 0.29) is 11.8 Å². The van der Waals surface area contributed by atoms with Crippen LogP contribution in [0.4, 0.5) is 0 Å². The Balaban J connectivity index is 1.26. The number of nitrogens with zero attached hydrogens (tertiary/aromatic N) is 3. The Morgan fingerprint density at radius 1 is 1.09 bits per heavy atom. The molecule has 1 fully saturated rings. The summed E-state index contributed by atoms with van der Waals surface area (Å²) in [6, 6.07) is 25.1.